The van der Waals surface area contributed by atoms with Crippen LogP contribution in [0, 0.1) is 0 Å². The van der Waals surface area contributed by atoms with E-state index in [-0.39, 0.29) is 19.1 Å². The Morgan fingerprint density at radius 2 is 2.17 bits per heavy atom. The maximum atomic E-state index is 12.5. The fraction of sp³-hybridized carbons (Fsp3) is 0.412. The van der Waals surface area contributed by atoms with Crippen LogP contribution in [0.15, 0.2) is 49.1 Å². The third-order valence-electron chi connectivity index (χ3n) is 4.14. The Kier molecular flexibility index (Phi) is 4.73. The number of rotatable bonds is 5. The van der Waals surface area contributed by atoms with Gasteiger partial charge in [-0.3, -0.25) is 4.79 Å². The number of aromatic nitrogens is 2. The van der Waals surface area contributed by atoms with E-state index in [2.05, 4.69) is 4.98 Å². The van der Waals surface area contributed by atoms with Crippen molar-refractivity contribution in [2.45, 2.75) is 18.6 Å². The summed E-state index contributed by atoms with van der Waals surface area (Å²) in [5.41, 5.74) is 0.356. The lowest BCUT2D eigenvalue weighted by atomic mass is 9.93. The number of imidazole rings is 1. The number of aliphatic hydroxyl groups excluding tert-OH is 1. The number of ether oxygens (including phenoxy) is 1. The van der Waals surface area contributed by atoms with Crippen LogP contribution in [0.25, 0.3) is 0 Å². The van der Waals surface area contributed by atoms with Crippen molar-refractivity contribution in [2.24, 2.45) is 0 Å². The smallest absolute Gasteiger partial charge is 0.242 e. The molecule has 0 radical (unpaired) electrons. The second-order valence-corrected chi connectivity index (χ2v) is 5.90. The molecule has 122 valence electrons. The van der Waals surface area contributed by atoms with Gasteiger partial charge in [0.2, 0.25) is 5.91 Å². The van der Waals surface area contributed by atoms with E-state index in [0.717, 1.165) is 5.56 Å². The summed E-state index contributed by atoms with van der Waals surface area (Å²) in [5.74, 6) is 0.0113. The summed E-state index contributed by atoms with van der Waals surface area (Å²) >= 11 is 0. The van der Waals surface area contributed by atoms with E-state index in [9.17, 15) is 9.90 Å². The van der Waals surface area contributed by atoms with Gasteiger partial charge in [0.15, 0.2) is 0 Å². The molecule has 1 aliphatic rings. The van der Waals surface area contributed by atoms with Crippen LogP contribution in [0.1, 0.15) is 5.56 Å². The van der Waals surface area contributed by atoms with Crippen molar-refractivity contribution < 1.29 is 14.6 Å². The van der Waals surface area contributed by atoms with Crippen molar-refractivity contribution in [3.63, 3.8) is 0 Å². The van der Waals surface area contributed by atoms with E-state index in [1.54, 1.807) is 28.2 Å². The van der Waals surface area contributed by atoms with Crippen LogP contribution in [-0.4, -0.2) is 57.4 Å². The molecule has 1 aromatic heterocycles. The number of hydrogen-bond donors (Lipinski definition) is 1. The van der Waals surface area contributed by atoms with Gasteiger partial charge >= 0.3 is 0 Å². The minimum absolute atomic E-state index is 0.0113. The molecule has 1 fully saturated rings. The summed E-state index contributed by atoms with van der Waals surface area (Å²) < 4.78 is 7.62. The Morgan fingerprint density at radius 1 is 1.35 bits per heavy atom. The van der Waals surface area contributed by atoms with E-state index in [0.29, 0.717) is 26.1 Å². The molecule has 0 bridgehead atoms. The molecule has 0 aliphatic carbocycles. The molecule has 3 rings (SSSR count). The highest BCUT2D eigenvalue weighted by Crippen LogP contribution is 2.23. The molecule has 6 nitrogen and oxygen atoms in total. The van der Waals surface area contributed by atoms with E-state index in [4.69, 9.17) is 4.74 Å². The first-order valence-electron chi connectivity index (χ1n) is 7.73. The Bertz CT molecular complexity index is 630. The number of amides is 1. The molecule has 1 aliphatic heterocycles. The highest BCUT2D eigenvalue weighted by atomic mass is 16.5. The number of hydrogen-bond acceptors (Lipinski definition) is 4. The van der Waals surface area contributed by atoms with Crippen LogP contribution in [0.4, 0.5) is 0 Å². The summed E-state index contributed by atoms with van der Waals surface area (Å²) in [4.78, 5) is 18.2. The molecule has 1 saturated heterocycles. The van der Waals surface area contributed by atoms with Crippen molar-refractivity contribution in [1.82, 2.24) is 14.5 Å². The molecule has 1 aromatic carbocycles. The van der Waals surface area contributed by atoms with Crippen LogP contribution in [0.3, 0.4) is 0 Å². The lowest BCUT2D eigenvalue weighted by Gasteiger charge is -2.42. The molecule has 1 atom stereocenters. The average molecular weight is 315 g/mol. The van der Waals surface area contributed by atoms with Crippen LogP contribution in [0.2, 0.25) is 0 Å². The largest absolute Gasteiger partial charge is 0.393 e. The zero-order chi connectivity index (χ0) is 16.1. The van der Waals surface area contributed by atoms with Gasteiger partial charge in [-0.15, -0.1) is 0 Å². The quantitative estimate of drug-likeness (QED) is 0.883. The van der Waals surface area contributed by atoms with Gasteiger partial charge in [-0.05, 0) is 5.56 Å². The lowest BCUT2D eigenvalue weighted by molar-refractivity contribution is -0.158. The minimum Gasteiger partial charge on any atom is -0.393 e. The molecular formula is C17H21N3O3. The van der Waals surface area contributed by atoms with Crippen molar-refractivity contribution in [2.75, 3.05) is 26.3 Å². The lowest BCUT2D eigenvalue weighted by Crippen LogP contribution is -2.57. The summed E-state index contributed by atoms with van der Waals surface area (Å²) in [7, 11) is 0. The zero-order valence-corrected chi connectivity index (χ0v) is 13.0. The predicted molar refractivity (Wildman–Crippen MR) is 84.7 cm³/mol. The van der Waals surface area contributed by atoms with Gasteiger partial charge in [0.1, 0.15) is 12.1 Å². The summed E-state index contributed by atoms with van der Waals surface area (Å²) in [6, 6.07) is 9.90. The number of morpholine rings is 1. The fourth-order valence-corrected chi connectivity index (χ4v) is 2.92. The maximum Gasteiger partial charge on any atom is 0.242 e. The van der Waals surface area contributed by atoms with Crippen molar-refractivity contribution in [3.05, 3.63) is 54.6 Å². The molecular weight excluding hydrogens is 294 g/mol. The normalized spacial score (nSPS) is 21.3. The van der Waals surface area contributed by atoms with Gasteiger partial charge in [-0.1, -0.05) is 30.3 Å². The monoisotopic (exact) mass is 315 g/mol. The van der Waals surface area contributed by atoms with Crippen LogP contribution >= 0.6 is 0 Å². The first-order chi connectivity index (χ1) is 11.2. The highest BCUT2D eigenvalue weighted by Gasteiger charge is 2.38. The summed E-state index contributed by atoms with van der Waals surface area (Å²) in [5, 5.41) is 9.88. The molecule has 0 spiro atoms. The predicted octanol–water partition coefficient (Wildman–Crippen LogP) is 0.716. The van der Waals surface area contributed by atoms with Crippen molar-refractivity contribution in [3.8, 4) is 0 Å². The van der Waals surface area contributed by atoms with Crippen molar-refractivity contribution >= 4 is 5.91 Å². The molecule has 23 heavy (non-hydrogen) atoms. The number of aliphatic hydroxyl groups is 1. The van der Waals surface area contributed by atoms with Gasteiger partial charge in [-0.2, -0.15) is 0 Å². The minimum atomic E-state index is -0.732. The van der Waals surface area contributed by atoms with Crippen LogP contribution in [0.5, 0.6) is 0 Å². The maximum absolute atomic E-state index is 12.5. The number of carbonyl (C=O) groups excluding carboxylic acids is 1. The van der Waals surface area contributed by atoms with E-state index < -0.39 is 5.60 Å². The van der Waals surface area contributed by atoms with Crippen LogP contribution < -0.4 is 0 Å². The standard InChI is InChI=1S/C17H21N3O3/c21-13-17(10-15-4-2-1-3-5-15)12-20(8-9-23-17)16(22)11-19-7-6-18-14-19/h1-7,14,21H,8-13H2/t17-/m1/s1. The van der Waals surface area contributed by atoms with Crippen LogP contribution in [-0.2, 0) is 22.5 Å². The number of nitrogens with zero attached hydrogens (tertiary/aromatic N) is 3. The van der Waals surface area contributed by atoms with Gasteiger partial charge in [0.25, 0.3) is 0 Å². The highest BCUT2D eigenvalue weighted by molar-refractivity contribution is 5.76. The number of carbonyl (C=O) groups is 1. The summed E-state index contributed by atoms with van der Waals surface area (Å²) in [6.45, 7) is 1.52. The second kappa shape index (κ2) is 6.93. The Morgan fingerprint density at radius 3 is 2.87 bits per heavy atom. The van der Waals surface area contributed by atoms with Crippen molar-refractivity contribution in [1.29, 1.82) is 0 Å². The molecule has 0 unspecified atom stereocenters. The van der Waals surface area contributed by atoms with Gasteiger partial charge in [-0.25, -0.2) is 4.98 Å². The van der Waals surface area contributed by atoms with E-state index in [1.165, 1.54) is 0 Å². The Balaban J connectivity index is 1.68. The molecule has 2 aromatic rings. The van der Waals surface area contributed by atoms with Gasteiger partial charge in [0.05, 0.1) is 26.1 Å². The fourth-order valence-electron chi connectivity index (χ4n) is 2.92. The third kappa shape index (κ3) is 3.78. The SMILES string of the molecule is O=C(Cn1ccnc1)N1CCO[C@](CO)(Cc2ccccc2)C1. The number of benzene rings is 1. The molecule has 6 heteroatoms. The van der Waals surface area contributed by atoms with Gasteiger partial charge < -0.3 is 19.3 Å². The Hall–Kier alpha value is -2.18. The first kappa shape index (κ1) is 15.7. The first-order valence-corrected chi connectivity index (χ1v) is 7.73. The second-order valence-electron chi connectivity index (χ2n) is 5.90. The zero-order valence-electron chi connectivity index (χ0n) is 13.0. The third-order valence-corrected chi connectivity index (χ3v) is 4.14. The summed E-state index contributed by atoms with van der Waals surface area (Å²) in [6.07, 6.45) is 5.63. The molecule has 2 heterocycles. The van der Waals surface area contributed by atoms with E-state index >= 15 is 0 Å². The molecule has 1 amide bonds. The molecule has 0 saturated carbocycles. The molecule has 1 N–H and O–H groups in total. The average Bonchev–Trinajstić information content (AvgIpc) is 3.09. The van der Waals surface area contributed by atoms with E-state index in [1.807, 2.05) is 30.3 Å². The Labute approximate surface area is 135 Å². The van der Waals surface area contributed by atoms with Gasteiger partial charge in [0, 0.05) is 25.4 Å². The topological polar surface area (TPSA) is 67.6 Å².